The van der Waals surface area contributed by atoms with E-state index in [2.05, 4.69) is 9.97 Å². The number of benzene rings is 1. The number of alkyl halides is 5. The Balaban J connectivity index is 2.80. The highest BCUT2D eigenvalue weighted by molar-refractivity contribution is 6.34. The molecular weight excluding hydrogens is 310 g/mol. The van der Waals surface area contributed by atoms with Crippen molar-refractivity contribution < 1.29 is 26.3 Å². The fourth-order valence-corrected chi connectivity index (χ4v) is 1.82. The average molecular weight is 315 g/mol. The van der Waals surface area contributed by atoms with Gasteiger partial charge >= 0.3 is 12.1 Å². The zero-order valence-electron chi connectivity index (χ0n) is 9.69. The Morgan fingerprint density at radius 1 is 1.05 bits per heavy atom. The van der Waals surface area contributed by atoms with E-state index in [4.69, 9.17) is 11.6 Å². The van der Waals surface area contributed by atoms with Crippen LogP contribution in [0.5, 0.6) is 0 Å². The Morgan fingerprint density at radius 3 is 2.20 bits per heavy atom. The minimum atomic E-state index is -5.87. The Bertz CT molecular complexity index is 683. The number of aromatic nitrogens is 2. The van der Waals surface area contributed by atoms with Gasteiger partial charge < -0.3 is 0 Å². The summed E-state index contributed by atoms with van der Waals surface area (Å²) in [7, 11) is 0. The maximum Gasteiger partial charge on any atom is 0.461 e. The zero-order valence-corrected chi connectivity index (χ0v) is 10.5. The van der Waals surface area contributed by atoms with E-state index in [1.807, 2.05) is 0 Å². The highest BCUT2D eigenvalue weighted by Gasteiger charge is 2.61. The predicted octanol–water partition coefficient (Wildman–Crippen LogP) is 4.38. The van der Waals surface area contributed by atoms with Crippen LogP contribution >= 0.6 is 11.6 Å². The lowest BCUT2D eigenvalue weighted by atomic mass is 10.1. The molecule has 0 atom stereocenters. The predicted molar refractivity (Wildman–Crippen MR) is 59.2 cm³/mol. The second-order valence-electron chi connectivity index (χ2n) is 4.00. The topological polar surface area (TPSA) is 25.8 Å². The lowest BCUT2D eigenvalue weighted by Crippen LogP contribution is -2.35. The molecule has 9 heteroatoms. The van der Waals surface area contributed by atoms with Crippen LogP contribution in [0.2, 0.25) is 5.15 Å². The average Bonchev–Trinajstić information content (AvgIpc) is 2.31. The van der Waals surface area contributed by atoms with Crippen molar-refractivity contribution in [2.24, 2.45) is 0 Å². The van der Waals surface area contributed by atoms with Crippen molar-refractivity contribution in [2.75, 3.05) is 0 Å². The largest absolute Gasteiger partial charge is 0.461 e. The van der Waals surface area contributed by atoms with Gasteiger partial charge in [-0.1, -0.05) is 17.7 Å². The van der Waals surface area contributed by atoms with Crippen molar-refractivity contribution in [3.8, 4) is 0 Å². The number of aryl methyl sites for hydroxylation is 1. The quantitative estimate of drug-likeness (QED) is 0.576. The van der Waals surface area contributed by atoms with Gasteiger partial charge in [-0.05, 0) is 18.6 Å². The monoisotopic (exact) mass is 314 g/mol. The maximum absolute atomic E-state index is 13.5. The summed E-state index contributed by atoms with van der Waals surface area (Å²) < 4.78 is 76.8. The summed E-state index contributed by atoms with van der Waals surface area (Å²) in [5.74, 6) is -7.99. The molecular formula is C11H5ClF6N2. The zero-order chi connectivity index (χ0) is 15.3. The van der Waals surface area contributed by atoms with Crippen LogP contribution in [0, 0.1) is 12.7 Å². The molecule has 0 aliphatic carbocycles. The molecule has 0 saturated heterocycles. The van der Waals surface area contributed by atoms with E-state index < -0.39 is 34.3 Å². The third-order valence-corrected chi connectivity index (χ3v) is 2.87. The molecule has 108 valence electrons. The van der Waals surface area contributed by atoms with Gasteiger partial charge in [-0.25, -0.2) is 14.4 Å². The molecule has 0 saturated carbocycles. The van der Waals surface area contributed by atoms with Crippen LogP contribution < -0.4 is 0 Å². The highest BCUT2D eigenvalue weighted by atomic mass is 35.5. The second-order valence-corrected chi connectivity index (χ2v) is 4.36. The van der Waals surface area contributed by atoms with Gasteiger partial charge in [0.2, 0.25) is 5.82 Å². The van der Waals surface area contributed by atoms with Crippen molar-refractivity contribution >= 4 is 22.5 Å². The molecule has 0 N–H and O–H groups in total. The molecule has 1 heterocycles. The Labute approximate surface area is 113 Å². The van der Waals surface area contributed by atoms with E-state index in [1.165, 1.54) is 13.0 Å². The molecule has 1 aromatic carbocycles. The summed E-state index contributed by atoms with van der Waals surface area (Å²) in [5, 5.41) is -1.19. The summed E-state index contributed by atoms with van der Waals surface area (Å²) in [6, 6.07) is 2.19. The van der Waals surface area contributed by atoms with E-state index in [-0.39, 0.29) is 11.1 Å². The fourth-order valence-electron chi connectivity index (χ4n) is 1.56. The number of rotatable bonds is 1. The summed E-state index contributed by atoms with van der Waals surface area (Å²) in [4.78, 5) is 6.01. The van der Waals surface area contributed by atoms with E-state index in [9.17, 15) is 26.3 Å². The van der Waals surface area contributed by atoms with Crippen molar-refractivity contribution in [1.82, 2.24) is 9.97 Å². The Kier molecular flexibility index (Phi) is 3.32. The Hall–Kier alpha value is -1.57. The van der Waals surface area contributed by atoms with Gasteiger partial charge in [0, 0.05) is 0 Å². The van der Waals surface area contributed by atoms with Crippen molar-refractivity contribution in [3.63, 3.8) is 0 Å². The summed E-state index contributed by atoms with van der Waals surface area (Å²) in [5.41, 5.74) is -0.186. The SMILES string of the molecule is Cc1ccc(F)c2c(Cl)nc(C(F)(F)C(F)(F)F)nc12. The van der Waals surface area contributed by atoms with E-state index >= 15 is 0 Å². The molecule has 0 spiro atoms. The van der Waals surface area contributed by atoms with Crippen molar-refractivity contribution in [3.05, 3.63) is 34.5 Å². The summed E-state index contributed by atoms with van der Waals surface area (Å²) >= 11 is 5.50. The van der Waals surface area contributed by atoms with Crippen molar-refractivity contribution in [2.45, 2.75) is 19.0 Å². The van der Waals surface area contributed by atoms with Crippen LogP contribution in [0.15, 0.2) is 12.1 Å². The van der Waals surface area contributed by atoms with Gasteiger partial charge in [0.25, 0.3) is 0 Å². The lowest BCUT2D eigenvalue weighted by Gasteiger charge is -2.18. The minimum absolute atomic E-state index is 0.199. The number of halogens is 7. The molecule has 0 fully saturated rings. The molecule has 2 rings (SSSR count). The first-order valence-electron chi connectivity index (χ1n) is 5.13. The first-order valence-corrected chi connectivity index (χ1v) is 5.51. The number of fused-ring (bicyclic) bond motifs is 1. The standard InChI is InChI=1S/C11H5ClF6N2/c1-4-2-3-5(13)6-7(4)19-9(20-8(6)12)10(14,15)11(16,17)18/h2-3H,1H3. The molecule has 2 nitrogen and oxygen atoms in total. The molecule has 0 aliphatic heterocycles. The minimum Gasteiger partial charge on any atom is -0.226 e. The van der Waals surface area contributed by atoms with Gasteiger partial charge in [0.1, 0.15) is 11.0 Å². The number of hydrogen-bond donors (Lipinski definition) is 0. The smallest absolute Gasteiger partial charge is 0.226 e. The van der Waals surface area contributed by atoms with Crippen LogP contribution in [0.3, 0.4) is 0 Å². The van der Waals surface area contributed by atoms with E-state index in [0.29, 0.717) is 0 Å². The fraction of sp³-hybridized carbons (Fsp3) is 0.273. The highest BCUT2D eigenvalue weighted by Crippen LogP contribution is 2.43. The molecule has 0 bridgehead atoms. The van der Waals surface area contributed by atoms with Crippen LogP contribution in [0.4, 0.5) is 26.3 Å². The molecule has 2 aromatic rings. The molecule has 0 aliphatic rings. The normalized spacial score (nSPS) is 13.0. The second kappa shape index (κ2) is 4.47. The third kappa shape index (κ3) is 2.17. The Morgan fingerprint density at radius 2 is 1.65 bits per heavy atom. The van der Waals surface area contributed by atoms with Crippen molar-refractivity contribution in [1.29, 1.82) is 0 Å². The van der Waals surface area contributed by atoms with Crippen LogP contribution in [-0.2, 0) is 5.92 Å². The summed E-state index contributed by atoms with van der Waals surface area (Å²) in [6.07, 6.45) is -5.87. The molecule has 20 heavy (non-hydrogen) atoms. The first kappa shape index (κ1) is 14.8. The van der Waals surface area contributed by atoms with E-state index in [1.54, 1.807) is 0 Å². The molecule has 0 unspecified atom stereocenters. The first-order chi connectivity index (χ1) is 9.05. The molecule has 0 radical (unpaired) electrons. The van der Waals surface area contributed by atoms with Crippen LogP contribution in [0.25, 0.3) is 10.9 Å². The maximum atomic E-state index is 13.5. The third-order valence-electron chi connectivity index (χ3n) is 2.59. The van der Waals surface area contributed by atoms with Crippen LogP contribution in [0.1, 0.15) is 11.4 Å². The molecule has 0 amide bonds. The number of nitrogens with zero attached hydrogens (tertiary/aromatic N) is 2. The summed E-state index contributed by atoms with van der Waals surface area (Å²) in [6.45, 7) is 1.38. The van der Waals surface area contributed by atoms with Gasteiger partial charge in [-0.15, -0.1) is 0 Å². The van der Waals surface area contributed by atoms with Gasteiger partial charge in [0.15, 0.2) is 0 Å². The molecule has 1 aromatic heterocycles. The van der Waals surface area contributed by atoms with Gasteiger partial charge in [-0.2, -0.15) is 22.0 Å². The van der Waals surface area contributed by atoms with Gasteiger partial charge in [-0.3, -0.25) is 0 Å². The van der Waals surface area contributed by atoms with Crippen LogP contribution in [-0.4, -0.2) is 16.1 Å². The number of hydrogen-bond acceptors (Lipinski definition) is 2. The lowest BCUT2D eigenvalue weighted by molar-refractivity contribution is -0.292. The van der Waals surface area contributed by atoms with E-state index in [0.717, 1.165) is 6.07 Å². The van der Waals surface area contributed by atoms with Gasteiger partial charge in [0.05, 0.1) is 10.9 Å².